The van der Waals surface area contributed by atoms with E-state index in [-0.39, 0.29) is 0 Å². The van der Waals surface area contributed by atoms with Crippen LogP contribution in [-0.2, 0) is 16.4 Å². The van der Waals surface area contributed by atoms with Crippen molar-refractivity contribution >= 4 is 0 Å². The molecule has 0 saturated heterocycles. The van der Waals surface area contributed by atoms with Gasteiger partial charge < -0.3 is 18.9 Å². The van der Waals surface area contributed by atoms with Gasteiger partial charge in [0, 0.05) is 13.2 Å². The predicted octanol–water partition coefficient (Wildman–Crippen LogP) is 3.93. The maximum atomic E-state index is 12.1. The summed E-state index contributed by atoms with van der Waals surface area (Å²) in [5.41, 5.74) is 0.922. The van der Waals surface area contributed by atoms with Crippen molar-refractivity contribution < 1.29 is 24.1 Å². The van der Waals surface area contributed by atoms with Gasteiger partial charge in [0.05, 0.1) is 27.4 Å². The van der Waals surface area contributed by atoms with Crippen LogP contribution in [0.15, 0.2) is 12.1 Å². The third-order valence-electron chi connectivity index (χ3n) is 4.29. The van der Waals surface area contributed by atoms with Crippen molar-refractivity contribution in [3.8, 4) is 17.2 Å². The van der Waals surface area contributed by atoms with E-state index in [2.05, 4.69) is 12.2 Å². The van der Waals surface area contributed by atoms with Gasteiger partial charge >= 0.3 is 0 Å². The minimum Gasteiger partial charge on any atom is -0.493 e. The fraction of sp³-hybridized carbons (Fsp3) is 0.700. The highest BCUT2D eigenvalue weighted by atomic mass is 16.5. The largest absolute Gasteiger partial charge is 0.493 e. The molecule has 2 atom stereocenters. The van der Waals surface area contributed by atoms with E-state index in [0.29, 0.717) is 36.3 Å². The van der Waals surface area contributed by atoms with E-state index in [4.69, 9.17) is 18.9 Å². The molecule has 0 aliphatic carbocycles. The number of benzene rings is 1. The second-order valence-corrected chi connectivity index (χ2v) is 6.31. The zero-order valence-electron chi connectivity index (χ0n) is 16.8. The summed E-state index contributed by atoms with van der Waals surface area (Å²) in [4.78, 5) is 0. The average molecular weight is 368 g/mol. The Morgan fingerprint density at radius 3 is 2.12 bits per heavy atom. The fourth-order valence-electron chi connectivity index (χ4n) is 2.88. The van der Waals surface area contributed by atoms with Crippen LogP contribution in [0.4, 0.5) is 0 Å². The Morgan fingerprint density at radius 2 is 1.58 bits per heavy atom. The molecule has 0 heterocycles. The Labute approximate surface area is 157 Å². The highest BCUT2D eigenvalue weighted by Crippen LogP contribution is 2.38. The Morgan fingerprint density at radius 1 is 0.962 bits per heavy atom. The lowest BCUT2D eigenvalue weighted by molar-refractivity contribution is 0.0465. The highest BCUT2D eigenvalue weighted by Gasteiger charge is 2.14. The van der Waals surface area contributed by atoms with Gasteiger partial charge in [-0.15, -0.1) is 0 Å². The molecule has 0 aromatic heterocycles. The summed E-state index contributed by atoms with van der Waals surface area (Å²) in [6.45, 7) is 5.33. The van der Waals surface area contributed by atoms with Gasteiger partial charge in [-0.05, 0) is 50.8 Å². The fourth-order valence-corrected chi connectivity index (χ4v) is 2.88. The van der Waals surface area contributed by atoms with Crippen LogP contribution >= 0.6 is 0 Å². The van der Waals surface area contributed by atoms with E-state index in [1.54, 1.807) is 21.3 Å². The lowest BCUT2D eigenvalue weighted by atomic mass is 10.1. The Hall–Kier alpha value is -1.50. The minimum atomic E-state index is -0.779. The van der Waals surface area contributed by atoms with E-state index in [1.165, 1.54) is 0 Å². The first-order valence-corrected chi connectivity index (χ1v) is 9.35. The zero-order valence-corrected chi connectivity index (χ0v) is 16.8. The summed E-state index contributed by atoms with van der Waals surface area (Å²) in [5.74, 6) is 1.74. The average Bonchev–Trinajstić information content (AvgIpc) is 2.65. The minimum absolute atomic E-state index is 0.307. The number of methoxy groups -OCH3 is 3. The monoisotopic (exact) mass is 368 g/mol. The zero-order chi connectivity index (χ0) is 19.4. The molecule has 149 valence electrons. The Bertz CT molecular complexity index is 484. The first-order valence-electron chi connectivity index (χ1n) is 9.35. The molecule has 0 amide bonds. The molecule has 6 heteroatoms. The van der Waals surface area contributed by atoms with Crippen LogP contribution in [0, 0.1) is 0 Å². The van der Waals surface area contributed by atoms with Gasteiger partial charge in [0.25, 0.3) is 0 Å². The predicted molar refractivity (Wildman–Crippen MR) is 102 cm³/mol. The number of hydrogen-bond acceptors (Lipinski definition) is 5. The summed E-state index contributed by atoms with van der Waals surface area (Å²) >= 11 is 0. The third-order valence-corrected chi connectivity index (χ3v) is 4.29. The van der Waals surface area contributed by atoms with Crippen LogP contribution in [0.3, 0.4) is 0 Å². The molecular weight excluding hydrogens is 334 g/mol. The summed E-state index contributed by atoms with van der Waals surface area (Å²) in [5, 5.41) is 15.1. The number of nitrogens with one attached hydrogen (secondary N) is 1. The first kappa shape index (κ1) is 22.5. The van der Waals surface area contributed by atoms with Crippen LogP contribution in [0.1, 0.15) is 51.5 Å². The van der Waals surface area contributed by atoms with Crippen molar-refractivity contribution in [2.75, 3.05) is 27.9 Å². The second-order valence-electron chi connectivity index (χ2n) is 6.31. The SMILES string of the molecule is CCOC(C)CCCCCC([O])NCc1cc(OC)c(OC)c(OC)c1. The van der Waals surface area contributed by atoms with Crippen LogP contribution < -0.4 is 19.5 Å². The molecule has 6 nitrogen and oxygen atoms in total. The molecule has 0 bridgehead atoms. The second kappa shape index (κ2) is 12.8. The van der Waals surface area contributed by atoms with Gasteiger partial charge in [0.1, 0.15) is 6.23 Å². The smallest absolute Gasteiger partial charge is 0.203 e. The van der Waals surface area contributed by atoms with Gasteiger partial charge in [-0.3, -0.25) is 5.32 Å². The molecule has 0 saturated carbocycles. The van der Waals surface area contributed by atoms with Crippen molar-refractivity contribution in [1.82, 2.24) is 5.32 Å². The van der Waals surface area contributed by atoms with Gasteiger partial charge in [-0.2, -0.15) is 0 Å². The van der Waals surface area contributed by atoms with Crippen molar-refractivity contribution in [3.05, 3.63) is 17.7 Å². The Balaban J connectivity index is 2.37. The molecule has 1 rings (SSSR count). The molecule has 0 aliphatic heterocycles. The van der Waals surface area contributed by atoms with Gasteiger partial charge in [0.15, 0.2) is 11.5 Å². The van der Waals surface area contributed by atoms with E-state index >= 15 is 0 Å². The van der Waals surface area contributed by atoms with E-state index in [0.717, 1.165) is 37.9 Å². The van der Waals surface area contributed by atoms with Crippen LogP contribution in [-0.4, -0.2) is 40.3 Å². The normalized spacial score (nSPS) is 13.3. The number of ether oxygens (including phenoxy) is 4. The number of unbranched alkanes of at least 4 members (excludes halogenated alkanes) is 2. The summed E-state index contributed by atoms with van der Waals surface area (Å²) < 4.78 is 21.5. The van der Waals surface area contributed by atoms with Gasteiger partial charge in [-0.25, -0.2) is 5.11 Å². The molecule has 1 aromatic carbocycles. The standard InChI is InChI=1S/C20H34NO5/c1-6-26-15(2)10-8-7-9-11-19(22)21-14-16-12-17(23-3)20(25-5)18(13-16)24-4/h12-13,15,19,21H,6-11,14H2,1-5H3. The Kier molecular flexibility index (Phi) is 11.1. The maximum absolute atomic E-state index is 12.1. The van der Waals surface area contributed by atoms with Crippen molar-refractivity contribution in [1.29, 1.82) is 0 Å². The van der Waals surface area contributed by atoms with Crippen molar-refractivity contribution in [3.63, 3.8) is 0 Å². The lowest BCUT2D eigenvalue weighted by Gasteiger charge is -2.16. The lowest BCUT2D eigenvalue weighted by Crippen LogP contribution is -2.26. The number of hydrogen-bond donors (Lipinski definition) is 1. The molecule has 1 N–H and O–H groups in total. The van der Waals surface area contributed by atoms with Gasteiger partial charge in [0.2, 0.25) is 5.75 Å². The highest BCUT2D eigenvalue weighted by molar-refractivity contribution is 5.53. The summed E-state index contributed by atoms with van der Waals surface area (Å²) in [6, 6.07) is 3.71. The maximum Gasteiger partial charge on any atom is 0.203 e. The topological polar surface area (TPSA) is 68.9 Å². The molecular formula is C20H34NO5. The summed E-state index contributed by atoms with van der Waals surface area (Å²) in [6.07, 6.45) is 4.28. The quantitative estimate of drug-likeness (QED) is 0.398. The van der Waals surface area contributed by atoms with Crippen molar-refractivity contribution in [2.45, 2.75) is 64.8 Å². The van der Waals surface area contributed by atoms with Crippen LogP contribution in [0.5, 0.6) is 17.2 Å². The molecule has 1 aromatic rings. The van der Waals surface area contributed by atoms with E-state index in [1.807, 2.05) is 19.1 Å². The van der Waals surface area contributed by atoms with Crippen LogP contribution in [0.25, 0.3) is 0 Å². The number of rotatable bonds is 14. The van der Waals surface area contributed by atoms with Gasteiger partial charge in [-0.1, -0.05) is 12.8 Å². The van der Waals surface area contributed by atoms with Crippen LogP contribution in [0.2, 0.25) is 0 Å². The molecule has 0 fully saturated rings. The molecule has 1 radical (unpaired) electrons. The molecule has 26 heavy (non-hydrogen) atoms. The van der Waals surface area contributed by atoms with E-state index in [9.17, 15) is 5.11 Å². The summed E-state index contributed by atoms with van der Waals surface area (Å²) in [7, 11) is 4.73. The molecule has 0 spiro atoms. The third kappa shape index (κ3) is 7.81. The molecule has 0 aliphatic rings. The first-order chi connectivity index (χ1) is 12.5. The van der Waals surface area contributed by atoms with Crippen molar-refractivity contribution in [2.24, 2.45) is 0 Å². The molecule has 2 unspecified atom stereocenters. The van der Waals surface area contributed by atoms with E-state index < -0.39 is 6.23 Å².